The van der Waals surface area contributed by atoms with Gasteiger partial charge in [0.1, 0.15) is 6.04 Å². The molecule has 1 aromatic carbocycles. The summed E-state index contributed by atoms with van der Waals surface area (Å²) < 4.78 is 52.1. The van der Waals surface area contributed by atoms with Gasteiger partial charge < -0.3 is 5.11 Å². The number of carbonyl (C=O) groups is 1. The fourth-order valence-corrected chi connectivity index (χ4v) is 4.21. The predicted molar refractivity (Wildman–Crippen MR) is 88.5 cm³/mol. The number of rotatable bonds is 8. The van der Waals surface area contributed by atoms with Gasteiger partial charge in [0.25, 0.3) is 0 Å². The Bertz CT molecular complexity index is 800. The van der Waals surface area contributed by atoms with Gasteiger partial charge in [-0.3, -0.25) is 4.79 Å². The number of nitrogens with zero attached hydrogens (tertiary/aromatic N) is 1. The number of hydrogen-bond acceptors (Lipinski definition) is 5. The van der Waals surface area contributed by atoms with E-state index in [0.717, 1.165) is 10.4 Å². The van der Waals surface area contributed by atoms with Gasteiger partial charge in [-0.2, -0.15) is 4.72 Å². The maximum absolute atomic E-state index is 12.4. The van der Waals surface area contributed by atoms with Crippen LogP contribution in [-0.4, -0.2) is 52.4 Å². The molecule has 0 aromatic heterocycles. The van der Waals surface area contributed by atoms with Gasteiger partial charge in [-0.05, 0) is 30.5 Å². The summed E-state index contributed by atoms with van der Waals surface area (Å²) in [6.07, 6.45) is 0.115. The van der Waals surface area contributed by atoms with E-state index in [1.54, 1.807) is 13.8 Å². The van der Waals surface area contributed by atoms with Crippen molar-refractivity contribution in [1.82, 2.24) is 9.03 Å². The van der Waals surface area contributed by atoms with Gasteiger partial charge in [-0.15, -0.1) is 0 Å². The van der Waals surface area contributed by atoms with E-state index in [-0.39, 0.29) is 22.1 Å². The van der Waals surface area contributed by atoms with Crippen LogP contribution in [0.5, 0.6) is 0 Å². The van der Waals surface area contributed by atoms with E-state index in [0.29, 0.717) is 0 Å². The minimum absolute atomic E-state index is 0.0331. The highest BCUT2D eigenvalue weighted by Gasteiger charge is 2.27. The summed E-state index contributed by atoms with van der Waals surface area (Å²) in [5.74, 6) is -1.32. The van der Waals surface area contributed by atoms with Gasteiger partial charge in [-0.25, -0.2) is 21.1 Å². The Kier molecular flexibility index (Phi) is 6.51. The lowest BCUT2D eigenvalue weighted by atomic mass is 10.1. The number of carboxylic acids is 1. The van der Waals surface area contributed by atoms with Gasteiger partial charge in [0.05, 0.1) is 9.79 Å². The van der Waals surface area contributed by atoms with Crippen LogP contribution >= 0.6 is 0 Å². The van der Waals surface area contributed by atoms with Crippen LogP contribution in [0.1, 0.15) is 20.3 Å². The largest absolute Gasteiger partial charge is 0.480 e. The second kappa shape index (κ2) is 7.60. The van der Waals surface area contributed by atoms with Crippen LogP contribution < -0.4 is 4.72 Å². The lowest BCUT2D eigenvalue weighted by Gasteiger charge is -2.17. The maximum Gasteiger partial charge on any atom is 0.321 e. The minimum atomic E-state index is -4.17. The number of benzene rings is 1. The molecule has 0 saturated carbocycles. The van der Waals surface area contributed by atoms with Crippen LogP contribution in [0.15, 0.2) is 34.1 Å². The van der Waals surface area contributed by atoms with Gasteiger partial charge in [0.15, 0.2) is 0 Å². The predicted octanol–water partition coefficient (Wildman–Crippen LogP) is 0.715. The second-order valence-electron chi connectivity index (χ2n) is 5.90. The molecule has 24 heavy (non-hydrogen) atoms. The van der Waals surface area contributed by atoms with E-state index >= 15 is 0 Å². The first kappa shape index (κ1) is 20.6. The van der Waals surface area contributed by atoms with Crippen molar-refractivity contribution in [3.63, 3.8) is 0 Å². The normalized spacial score (nSPS) is 14.1. The summed E-state index contributed by atoms with van der Waals surface area (Å²) in [7, 11) is -5.31. The Hall–Kier alpha value is -1.49. The third kappa shape index (κ3) is 5.00. The molecule has 0 aliphatic heterocycles. The van der Waals surface area contributed by atoms with Gasteiger partial charge >= 0.3 is 5.97 Å². The number of hydrogen-bond donors (Lipinski definition) is 2. The summed E-state index contributed by atoms with van der Waals surface area (Å²) in [4.78, 5) is 10.7. The molecular formula is C14H22N2O6S2. The van der Waals surface area contributed by atoms with Gasteiger partial charge in [0, 0.05) is 14.1 Å². The van der Waals surface area contributed by atoms with E-state index in [1.807, 2.05) is 0 Å². The molecule has 8 nitrogen and oxygen atoms in total. The molecule has 0 heterocycles. The zero-order valence-corrected chi connectivity index (χ0v) is 15.6. The van der Waals surface area contributed by atoms with Crippen LogP contribution in [0.25, 0.3) is 0 Å². The number of sulfonamides is 2. The number of carboxylic acid groups (broad SMARTS) is 1. The summed E-state index contributed by atoms with van der Waals surface area (Å²) in [6.45, 7) is 3.54. The highest BCUT2D eigenvalue weighted by molar-refractivity contribution is 7.90. The molecule has 0 radical (unpaired) electrons. The molecule has 0 fully saturated rings. The Balaban J connectivity index is 3.22. The molecule has 1 atom stereocenters. The van der Waals surface area contributed by atoms with Crippen molar-refractivity contribution in [3.8, 4) is 0 Å². The van der Waals surface area contributed by atoms with Crippen molar-refractivity contribution >= 4 is 26.0 Å². The average molecular weight is 378 g/mol. The van der Waals surface area contributed by atoms with Crippen molar-refractivity contribution < 1.29 is 26.7 Å². The molecule has 0 amide bonds. The number of aliphatic carboxylic acids is 1. The molecule has 1 rings (SSSR count). The molecule has 136 valence electrons. The van der Waals surface area contributed by atoms with Crippen LogP contribution in [0.2, 0.25) is 0 Å². The Morgan fingerprint density at radius 2 is 1.71 bits per heavy atom. The SMILES string of the molecule is CC(C)CC(NS(=O)(=O)c1cccc(S(=O)(=O)N(C)C)c1)C(=O)O. The third-order valence-electron chi connectivity index (χ3n) is 3.20. The monoisotopic (exact) mass is 378 g/mol. The fraction of sp³-hybridized carbons (Fsp3) is 0.500. The van der Waals surface area contributed by atoms with Crippen molar-refractivity contribution in [2.45, 2.75) is 36.1 Å². The first-order valence-electron chi connectivity index (χ1n) is 7.15. The minimum Gasteiger partial charge on any atom is -0.480 e. The molecule has 0 spiro atoms. The van der Waals surface area contributed by atoms with Gasteiger partial charge in [-0.1, -0.05) is 19.9 Å². The van der Waals surface area contributed by atoms with Crippen molar-refractivity contribution in [2.24, 2.45) is 5.92 Å². The average Bonchev–Trinajstić information content (AvgIpc) is 2.45. The summed E-state index contributed by atoms with van der Waals surface area (Å²) in [5, 5.41) is 9.16. The van der Waals surface area contributed by atoms with Crippen molar-refractivity contribution in [3.05, 3.63) is 24.3 Å². The first-order chi connectivity index (χ1) is 10.9. The van der Waals surface area contributed by atoms with E-state index < -0.39 is 32.1 Å². The topological polar surface area (TPSA) is 121 Å². The molecule has 0 bridgehead atoms. The van der Waals surface area contributed by atoms with Crippen LogP contribution in [0, 0.1) is 5.92 Å². The van der Waals surface area contributed by atoms with Crippen LogP contribution in [0.4, 0.5) is 0 Å². The molecule has 0 saturated heterocycles. The standard InChI is InChI=1S/C14H22N2O6S2/c1-10(2)8-13(14(17)18)15-23(19,20)11-6-5-7-12(9-11)24(21,22)16(3)4/h5-7,9-10,13,15H,8H2,1-4H3,(H,17,18). The molecule has 1 unspecified atom stereocenters. The fourth-order valence-electron chi connectivity index (χ4n) is 1.94. The molecule has 0 aliphatic carbocycles. The summed E-state index contributed by atoms with van der Waals surface area (Å²) in [6, 6.07) is 3.50. The quantitative estimate of drug-likeness (QED) is 0.687. The highest BCUT2D eigenvalue weighted by Crippen LogP contribution is 2.19. The van der Waals surface area contributed by atoms with E-state index in [4.69, 9.17) is 5.11 Å². The summed E-state index contributed by atoms with van der Waals surface area (Å²) >= 11 is 0. The molecule has 1 aromatic rings. The molecular weight excluding hydrogens is 356 g/mol. The Morgan fingerprint density at radius 3 is 2.17 bits per heavy atom. The van der Waals surface area contributed by atoms with E-state index in [1.165, 1.54) is 32.3 Å². The highest BCUT2D eigenvalue weighted by atomic mass is 32.2. The first-order valence-corrected chi connectivity index (χ1v) is 10.1. The van der Waals surface area contributed by atoms with E-state index in [9.17, 15) is 21.6 Å². The van der Waals surface area contributed by atoms with Crippen LogP contribution in [-0.2, 0) is 24.8 Å². The zero-order valence-electron chi connectivity index (χ0n) is 13.9. The zero-order chi connectivity index (χ0) is 18.7. The van der Waals surface area contributed by atoms with Crippen molar-refractivity contribution in [1.29, 1.82) is 0 Å². The third-order valence-corrected chi connectivity index (χ3v) is 6.48. The molecule has 10 heteroatoms. The van der Waals surface area contributed by atoms with E-state index in [2.05, 4.69) is 4.72 Å². The second-order valence-corrected chi connectivity index (χ2v) is 9.77. The lowest BCUT2D eigenvalue weighted by molar-refractivity contribution is -0.139. The lowest BCUT2D eigenvalue weighted by Crippen LogP contribution is -2.41. The van der Waals surface area contributed by atoms with Crippen molar-refractivity contribution in [2.75, 3.05) is 14.1 Å². The Morgan fingerprint density at radius 1 is 1.17 bits per heavy atom. The molecule has 2 N–H and O–H groups in total. The molecule has 0 aliphatic rings. The van der Waals surface area contributed by atoms with Crippen LogP contribution in [0.3, 0.4) is 0 Å². The maximum atomic E-state index is 12.4. The Labute approximate surface area is 142 Å². The summed E-state index contributed by atoms with van der Waals surface area (Å²) in [5.41, 5.74) is 0. The smallest absolute Gasteiger partial charge is 0.321 e. The number of nitrogens with one attached hydrogen (secondary N) is 1. The van der Waals surface area contributed by atoms with Gasteiger partial charge in [0.2, 0.25) is 20.0 Å².